The average molecular weight is 222 g/mol. The molecule has 0 saturated heterocycles. The molecule has 0 bridgehead atoms. The molecule has 5 heteroatoms. The highest BCUT2D eigenvalue weighted by Crippen LogP contribution is 2.18. The number of hydrogen-bond acceptors (Lipinski definition) is 4. The molecule has 0 spiro atoms. The van der Waals surface area contributed by atoms with Crippen molar-refractivity contribution in [3.8, 4) is 0 Å². The van der Waals surface area contributed by atoms with Crippen molar-refractivity contribution in [2.75, 3.05) is 21.3 Å². The topological polar surface area (TPSA) is 47.9 Å². The lowest BCUT2D eigenvalue weighted by molar-refractivity contribution is 0.0938. The van der Waals surface area contributed by atoms with Gasteiger partial charge in [-0.2, -0.15) is 0 Å². The third kappa shape index (κ3) is 4.52. The zero-order valence-corrected chi connectivity index (χ0v) is 10.6. The van der Waals surface area contributed by atoms with Crippen molar-refractivity contribution in [2.24, 2.45) is 0 Å². The summed E-state index contributed by atoms with van der Waals surface area (Å²) in [6, 6.07) is 0.469. The highest BCUT2D eigenvalue weighted by molar-refractivity contribution is 6.60. The standard InChI is InChI=1S/C9H22O4Si/c1-5-6-7-9(10)8-14(11-2,12-3)13-4/h9-10H,5-8H2,1-4H3. The first-order chi connectivity index (χ1) is 6.64. The van der Waals surface area contributed by atoms with Gasteiger partial charge in [0.15, 0.2) is 0 Å². The van der Waals surface area contributed by atoms with Gasteiger partial charge in [0.1, 0.15) is 0 Å². The molecule has 0 aliphatic heterocycles. The summed E-state index contributed by atoms with van der Waals surface area (Å²) in [5.41, 5.74) is 0. The summed E-state index contributed by atoms with van der Waals surface area (Å²) >= 11 is 0. The predicted octanol–water partition coefficient (Wildman–Crippen LogP) is 1.42. The minimum atomic E-state index is -2.58. The molecule has 0 aromatic carbocycles. The lowest BCUT2D eigenvalue weighted by Gasteiger charge is -2.26. The Kier molecular flexibility index (Phi) is 7.39. The highest BCUT2D eigenvalue weighted by atomic mass is 28.4. The molecule has 0 amide bonds. The molecule has 1 N–H and O–H groups in total. The van der Waals surface area contributed by atoms with E-state index in [4.69, 9.17) is 13.3 Å². The summed E-state index contributed by atoms with van der Waals surface area (Å²) in [7, 11) is 2.10. The Hall–Kier alpha value is 0.0569. The fourth-order valence-corrected chi connectivity index (χ4v) is 3.11. The van der Waals surface area contributed by atoms with E-state index in [1.165, 1.54) is 0 Å². The minimum absolute atomic E-state index is 0.388. The van der Waals surface area contributed by atoms with Crippen molar-refractivity contribution >= 4 is 8.80 Å². The Morgan fingerprint density at radius 2 is 1.64 bits per heavy atom. The van der Waals surface area contributed by atoms with Crippen LogP contribution in [0, 0.1) is 0 Å². The molecule has 0 aliphatic carbocycles. The van der Waals surface area contributed by atoms with Crippen molar-refractivity contribution in [1.82, 2.24) is 0 Å². The van der Waals surface area contributed by atoms with E-state index < -0.39 is 8.80 Å². The van der Waals surface area contributed by atoms with Crippen LogP contribution in [0.15, 0.2) is 0 Å². The highest BCUT2D eigenvalue weighted by Gasteiger charge is 2.39. The summed E-state index contributed by atoms with van der Waals surface area (Å²) < 4.78 is 15.7. The van der Waals surface area contributed by atoms with Crippen LogP contribution in [0.2, 0.25) is 6.04 Å². The van der Waals surface area contributed by atoms with Gasteiger partial charge in [-0.25, -0.2) is 0 Å². The quantitative estimate of drug-likeness (QED) is 0.631. The summed E-state index contributed by atoms with van der Waals surface area (Å²) in [6.45, 7) is 2.10. The zero-order chi connectivity index (χ0) is 11.0. The van der Waals surface area contributed by atoms with Crippen LogP contribution in [0.1, 0.15) is 26.2 Å². The molecule has 0 aromatic rings. The molecular formula is C9H22O4Si. The molecule has 1 unspecified atom stereocenters. The Morgan fingerprint density at radius 1 is 1.14 bits per heavy atom. The molecular weight excluding hydrogens is 200 g/mol. The first-order valence-corrected chi connectivity index (χ1v) is 6.90. The molecule has 14 heavy (non-hydrogen) atoms. The largest absolute Gasteiger partial charge is 0.502 e. The molecule has 0 aromatic heterocycles. The average Bonchev–Trinajstić information content (AvgIpc) is 2.23. The van der Waals surface area contributed by atoms with Gasteiger partial charge in [-0.3, -0.25) is 0 Å². The van der Waals surface area contributed by atoms with E-state index in [1.807, 2.05) is 0 Å². The van der Waals surface area contributed by atoms with Gasteiger partial charge in [0, 0.05) is 27.4 Å². The van der Waals surface area contributed by atoms with Crippen LogP contribution < -0.4 is 0 Å². The summed E-state index contributed by atoms with van der Waals surface area (Å²) in [5, 5.41) is 9.70. The van der Waals surface area contributed by atoms with Gasteiger partial charge in [0.05, 0.1) is 6.10 Å². The number of rotatable bonds is 8. The minimum Gasteiger partial charge on any atom is -0.393 e. The number of unbranched alkanes of at least 4 members (excludes halogenated alkanes) is 1. The fraction of sp³-hybridized carbons (Fsp3) is 1.00. The maximum absolute atomic E-state index is 9.70. The third-order valence-corrected chi connectivity index (χ3v) is 5.15. The predicted molar refractivity (Wildman–Crippen MR) is 57.1 cm³/mol. The van der Waals surface area contributed by atoms with Crippen molar-refractivity contribution in [2.45, 2.75) is 38.3 Å². The maximum atomic E-state index is 9.70. The van der Waals surface area contributed by atoms with Gasteiger partial charge >= 0.3 is 8.80 Å². The Balaban J connectivity index is 4.01. The van der Waals surface area contributed by atoms with Gasteiger partial charge in [0.25, 0.3) is 0 Å². The molecule has 0 fully saturated rings. The third-order valence-electron chi connectivity index (χ3n) is 2.31. The summed E-state index contributed by atoms with van der Waals surface area (Å²) in [5.74, 6) is 0. The first kappa shape index (κ1) is 14.1. The van der Waals surface area contributed by atoms with Crippen LogP contribution >= 0.6 is 0 Å². The Morgan fingerprint density at radius 3 is 2.00 bits per heavy atom. The molecule has 0 aliphatic rings. The van der Waals surface area contributed by atoms with Crippen LogP contribution in [0.25, 0.3) is 0 Å². The van der Waals surface area contributed by atoms with Gasteiger partial charge in [-0.15, -0.1) is 0 Å². The van der Waals surface area contributed by atoms with Crippen LogP contribution in [0.4, 0.5) is 0 Å². The normalized spacial score (nSPS) is 14.4. The molecule has 86 valence electrons. The van der Waals surface area contributed by atoms with Crippen molar-refractivity contribution in [3.05, 3.63) is 0 Å². The number of hydrogen-bond donors (Lipinski definition) is 1. The molecule has 1 atom stereocenters. The van der Waals surface area contributed by atoms with E-state index >= 15 is 0 Å². The van der Waals surface area contributed by atoms with Gasteiger partial charge in [0.2, 0.25) is 0 Å². The fourth-order valence-electron chi connectivity index (χ4n) is 1.33. The summed E-state index contributed by atoms with van der Waals surface area (Å²) in [6.07, 6.45) is 2.49. The van der Waals surface area contributed by atoms with E-state index in [0.29, 0.717) is 6.04 Å². The van der Waals surface area contributed by atoms with Crippen LogP contribution in [0.5, 0.6) is 0 Å². The van der Waals surface area contributed by atoms with Gasteiger partial charge in [-0.1, -0.05) is 19.8 Å². The Labute approximate surface area is 87.5 Å². The molecule has 0 saturated carbocycles. The van der Waals surface area contributed by atoms with E-state index in [2.05, 4.69) is 6.92 Å². The van der Waals surface area contributed by atoms with Crippen LogP contribution in [-0.2, 0) is 13.3 Å². The maximum Gasteiger partial charge on any atom is 0.502 e. The first-order valence-electron chi connectivity index (χ1n) is 4.97. The number of aliphatic hydroxyl groups excluding tert-OH is 1. The SMILES string of the molecule is CCCCC(O)C[Si](OC)(OC)OC. The second kappa shape index (κ2) is 7.36. The van der Waals surface area contributed by atoms with Crippen molar-refractivity contribution in [1.29, 1.82) is 0 Å². The van der Waals surface area contributed by atoms with E-state index in [1.54, 1.807) is 21.3 Å². The van der Waals surface area contributed by atoms with Crippen LogP contribution in [0.3, 0.4) is 0 Å². The van der Waals surface area contributed by atoms with Gasteiger partial charge < -0.3 is 18.4 Å². The van der Waals surface area contributed by atoms with E-state index in [0.717, 1.165) is 19.3 Å². The lowest BCUT2D eigenvalue weighted by atomic mass is 10.2. The van der Waals surface area contributed by atoms with Crippen molar-refractivity contribution < 1.29 is 18.4 Å². The van der Waals surface area contributed by atoms with Crippen molar-refractivity contribution in [3.63, 3.8) is 0 Å². The molecule has 0 radical (unpaired) electrons. The van der Waals surface area contributed by atoms with Crippen LogP contribution in [-0.4, -0.2) is 41.3 Å². The smallest absolute Gasteiger partial charge is 0.393 e. The molecule has 0 rings (SSSR count). The lowest BCUT2D eigenvalue weighted by Crippen LogP contribution is -2.45. The second-order valence-electron chi connectivity index (χ2n) is 3.30. The molecule has 0 heterocycles. The van der Waals surface area contributed by atoms with E-state index in [-0.39, 0.29) is 6.10 Å². The second-order valence-corrected chi connectivity index (χ2v) is 6.29. The monoisotopic (exact) mass is 222 g/mol. The Bertz CT molecular complexity index is 131. The number of aliphatic hydroxyl groups is 1. The summed E-state index contributed by atoms with van der Waals surface area (Å²) in [4.78, 5) is 0. The van der Waals surface area contributed by atoms with E-state index in [9.17, 15) is 5.11 Å². The zero-order valence-electron chi connectivity index (χ0n) is 9.58. The van der Waals surface area contributed by atoms with Gasteiger partial charge in [-0.05, 0) is 6.42 Å². The molecule has 4 nitrogen and oxygen atoms in total.